The highest BCUT2D eigenvalue weighted by molar-refractivity contribution is 5.78. The van der Waals surface area contributed by atoms with Crippen LogP contribution in [-0.4, -0.2) is 32.8 Å². The zero-order valence-corrected chi connectivity index (χ0v) is 13.6. The summed E-state index contributed by atoms with van der Waals surface area (Å²) in [5, 5.41) is 8.31. The van der Waals surface area contributed by atoms with Crippen LogP contribution in [0.25, 0.3) is 10.9 Å². The van der Waals surface area contributed by atoms with Crippen LogP contribution in [-0.2, 0) is 17.9 Å². The van der Waals surface area contributed by atoms with Crippen molar-refractivity contribution in [3.05, 3.63) is 70.0 Å². The Bertz CT molecular complexity index is 949. The molecule has 0 saturated heterocycles. The molecule has 122 valence electrons. The van der Waals surface area contributed by atoms with Gasteiger partial charge in [-0.1, -0.05) is 41.6 Å². The Morgan fingerprint density at radius 3 is 2.62 bits per heavy atom. The zero-order chi connectivity index (χ0) is 17.1. The zero-order valence-electron chi connectivity index (χ0n) is 13.6. The predicted octanol–water partition coefficient (Wildman–Crippen LogP) is 1.76. The van der Waals surface area contributed by atoms with E-state index in [-0.39, 0.29) is 18.0 Å². The number of likely N-dealkylation sites (N-methyl/N-ethyl adjacent to an activating group) is 1. The molecule has 0 radical (unpaired) electrons. The number of carbonyl (C=O) groups is 1. The summed E-state index contributed by atoms with van der Waals surface area (Å²) in [6, 6.07) is 14.9. The molecule has 2 aromatic carbocycles. The highest BCUT2D eigenvalue weighted by Gasteiger charge is 2.14. The van der Waals surface area contributed by atoms with E-state index in [0.29, 0.717) is 17.4 Å². The van der Waals surface area contributed by atoms with Crippen molar-refractivity contribution < 1.29 is 4.79 Å². The highest BCUT2D eigenvalue weighted by Crippen LogP contribution is 2.10. The number of hydrogen-bond donors (Lipinski definition) is 0. The van der Waals surface area contributed by atoms with Crippen molar-refractivity contribution in [3.8, 4) is 0 Å². The van der Waals surface area contributed by atoms with Crippen molar-refractivity contribution in [2.24, 2.45) is 0 Å². The van der Waals surface area contributed by atoms with Crippen molar-refractivity contribution in [1.29, 1.82) is 0 Å². The SMILES string of the molecule is Cc1ccccc1CN(C)C(=O)Cn1nnc2ccccc2c1=O. The van der Waals surface area contributed by atoms with E-state index in [9.17, 15) is 9.59 Å². The topological polar surface area (TPSA) is 68.1 Å². The standard InChI is InChI=1S/C18H18N4O2/c1-13-7-3-4-8-14(13)11-21(2)17(23)12-22-18(24)15-9-5-6-10-16(15)19-20-22/h3-10H,11-12H2,1-2H3. The van der Waals surface area contributed by atoms with E-state index in [4.69, 9.17) is 0 Å². The van der Waals surface area contributed by atoms with Crippen LogP contribution in [0, 0.1) is 6.92 Å². The Labute approximate surface area is 139 Å². The van der Waals surface area contributed by atoms with E-state index in [1.54, 1.807) is 36.2 Å². The third-order valence-electron chi connectivity index (χ3n) is 4.01. The number of amides is 1. The minimum absolute atomic E-state index is 0.126. The van der Waals surface area contributed by atoms with Crippen molar-refractivity contribution in [2.45, 2.75) is 20.0 Å². The van der Waals surface area contributed by atoms with Gasteiger partial charge in [0.1, 0.15) is 12.1 Å². The minimum atomic E-state index is -0.307. The van der Waals surface area contributed by atoms with Gasteiger partial charge in [0, 0.05) is 13.6 Å². The van der Waals surface area contributed by atoms with Gasteiger partial charge in [-0.2, -0.15) is 0 Å². The van der Waals surface area contributed by atoms with Gasteiger partial charge in [-0.25, -0.2) is 4.68 Å². The molecule has 1 amide bonds. The molecular weight excluding hydrogens is 304 g/mol. The lowest BCUT2D eigenvalue weighted by atomic mass is 10.1. The van der Waals surface area contributed by atoms with Crippen LogP contribution in [0.1, 0.15) is 11.1 Å². The molecule has 0 aliphatic carbocycles. The van der Waals surface area contributed by atoms with Gasteiger partial charge in [0.2, 0.25) is 5.91 Å². The second kappa shape index (κ2) is 6.62. The van der Waals surface area contributed by atoms with Gasteiger partial charge in [-0.05, 0) is 30.2 Å². The molecule has 24 heavy (non-hydrogen) atoms. The maximum atomic E-state index is 12.4. The lowest BCUT2D eigenvalue weighted by molar-refractivity contribution is -0.131. The lowest BCUT2D eigenvalue weighted by Gasteiger charge is -2.18. The predicted molar refractivity (Wildman–Crippen MR) is 91.5 cm³/mol. The summed E-state index contributed by atoms with van der Waals surface area (Å²) in [4.78, 5) is 26.4. The first-order chi connectivity index (χ1) is 11.6. The lowest BCUT2D eigenvalue weighted by Crippen LogP contribution is -2.35. The Balaban J connectivity index is 1.78. The Morgan fingerprint density at radius 2 is 1.83 bits per heavy atom. The molecule has 3 rings (SSSR count). The van der Waals surface area contributed by atoms with Gasteiger partial charge in [0.25, 0.3) is 5.56 Å². The van der Waals surface area contributed by atoms with Gasteiger partial charge >= 0.3 is 0 Å². The van der Waals surface area contributed by atoms with Gasteiger partial charge in [-0.3, -0.25) is 9.59 Å². The summed E-state index contributed by atoms with van der Waals surface area (Å²) in [6.07, 6.45) is 0. The Kier molecular flexibility index (Phi) is 4.37. The Morgan fingerprint density at radius 1 is 1.12 bits per heavy atom. The molecule has 0 aliphatic rings. The first-order valence-electron chi connectivity index (χ1n) is 7.67. The fourth-order valence-corrected chi connectivity index (χ4v) is 2.51. The molecule has 0 unspecified atom stereocenters. The summed E-state index contributed by atoms with van der Waals surface area (Å²) in [5.74, 6) is -0.190. The minimum Gasteiger partial charge on any atom is -0.340 e. The third-order valence-corrected chi connectivity index (χ3v) is 4.01. The molecule has 0 spiro atoms. The van der Waals surface area contributed by atoms with Gasteiger partial charge < -0.3 is 4.90 Å². The van der Waals surface area contributed by atoms with E-state index in [1.807, 2.05) is 31.2 Å². The van der Waals surface area contributed by atoms with Crippen molar-refractivity contribution >= 4 is 16.8 Å². The quantitative estimate of drug-likeness (QED) is 0.734. The number of aryl methyl sites for hydroxylation is 1. The van der Waals surface area contributed by atoms with Crippen LogP contribution in [0.15, 0.2) is 53.3 Å². The first-order valence-corrected chi connectivity index (χ1v) is 7.67. The summed E-state index contributed by atoms with van der Waals surface area (Å²) < 4.78 is 1.11. The summed E-state index contributed by atoms with van der Waals surface area (Å²) in [7, 11) is 1.72. The average Bonchev–Trinajstić information content (AvgIpc) is 2.59. The monoisotopic (exact) mass is 322 g/mol. The fraction of sp³-hybridized carbons (Fsp3) is 0.222. The van der Waals surface area contributed by atoms with Gasteiger partial charge in [-0.15, -0.1) is 5.10 Å². The summed E-state index contributed by atoms with van der Waals surface area (Å²) in [6.45, 7) is 2.37. The fourth-order valence-electron chi connectivity index (χ4n) is 2.51. The maximum absolute atomic E-state index is 12.4. The molecule has 1 heterocycles. The summed E-state index contributed by atoms with van der Waals surface area (Å²) >= 11 is 0. The second-order valence-corrected chi connectivity index (χ2v) is 5.75. The van der Waals surface area contributed by atoms with Crippen molar-refractivity contribution in [2.75, 3.05) is 7.05 Å². The number of carbonyl (C=O) groups excluding carboxylic acids is 1. The summed E-state index contributed by atoms with van der Waals surface area (Å²) in [5.41, 5.74) is 2.42. The van der Waals surface area contributed by atoms with Crippen LogP contribution in [0.2, 0.25) is 0 Å². The molecule has 0 aliphatic heterocycles. The number of fused-ring (bicyclic) bond motifs is 1. The third kappa shape index (κ3) is 3.17. The maximum Gasteiger partial charge on any atom is 0.278 e. The van der Waals surface area contributed by atoms with Crippen LogP contribution in [0.5, 0.6) is 0 Å². The van der Waals surface area contributed by atoms with E-state index >= 15 is 0 Å². The molecule has 0 fully saturated rings. The van der Waals surface area contributed by atoms with E-state index in [0.717, 1.165) is 15.8 Å². The van der Waals surface area contributed by atoms with E-state index < -0.39 is 0 Å². The molecule has 3 aromatic rings. The smallest absolute Gasteiger partial charge is 0.278 e. The number of aromatic nitrogens is 3. The van der Waals surface area contributed by atoms with Gasteiger partial charge in [0.05, 0.1) is 5.39 Å². The number of nitrogens with zero attached hydrogens (tertiary/aromatic N) is 4. The molecule has 0 bridgehead atoms. The molecule has 1 aromatic heterocycles. The van der Waals surface area contributed by atoms with Crippen LogP contribution < -0.4 is 5.56 Å². The average molecular weight is 322 g/mol. The molecular formula is C18H18N4O2. The van der Waals surface area contributed by atoms with Crippen LogP contribution in [0.3, 0.4) is 0 Å². The Hall–Kier alpha value is -3.02. The van der Waals surface area contributed by atoms with E-state index in [2.05, 4.69) is 10.3 Å². The van der Waals surface area contributed by atoms with Crippen molar-refractivity contribution in [1.82, 2.24) is 19.9 Å². The second-order valence-electron chi connectivity index (χ2n) is 5.75. The number of hydrogen-bond acceptors (Lipinski definition) is 4. The first kappa shape index (κ1) is 15.9. The van der Waals surface area contributed by atoms with Gasteiger partial charge in [0.15, 0.2) is 0 Å². The van der Waals surface area contributed by atoms with Crippen molar-refractivity contribution in [3.63, 3.8) is 0 Å². The molecule has 6 heteroatoms. The van der Waals surface area contributed by atoms with Crippen LogP contribution >= 0.6 is 0 Å². The number of rotatable bonds is 4. The van der Waals surface area contributed by atoms with Crippen LogP contribution in [0.4, 0.5) is 0 Å². The normalized spacial score (nSPS) is 10.8. The largest absolute Gasteiger partial charge is 0.340 e. The molecule has 0 N–H and O–H groups in total. The number of benzene rings is 2. The molecule has 6 nitrogen and oxygen atoms in total. The highest BCUT2D eigenvalue weighted by atomic mass is 16.2. The van der Waals surface area contributed by atoms with E-state index in [1.165, 1.54) is 0 Å². The molecule has 0 saturated carbocycles. The molecule has 0 atom stereocenters.